The number of fused-ring (bicyclic) bond motifs is 2. The molecule has 1 amide bonds. The predicted molar refractivity (Wildman–Crippen MR) is 149 cm³/mol. The molecule has 0 bridgehead atoms. The summed E-state index contributed by atoms with van der Waals surface area (Å²) in [5, 5.41) is 1.05. The summed E-state index contributed by atoms with van der Waals surface area (Å²) in [5.74, 6) is 0.628. The number of nitrogens with one attached hydrogen (secondary N) is 1. The number of aromatic nitrogens is 2. The molecule has 37 heavy (non-hydrogen) atoms. The Hall–Kier alpha value is -3.84. The Bertz CT molecular complexity index is 1480. The van der Waals surface area contributed by atoms with Gasteiger partial charge in [0.05, 0.1) is 12.1 Å². The number of benzene rings is 2. The normalized spacial score (nSPS) is 16.6. The van der Waals surface area contributed by atoms with Crippen LogP contribution in [0.1, 0.15) is 21.5 Å². The van der Waals surface area contributed by atoms with E-state index in [0.717, 1.165) is 53.9 Å². The number of hydrogen-bond donors (Lipinski definition) is 1. The number of aryl methyl sites for hydroxylation is 2. The van der Waals surface area contributed by atoms with Gasteiger partial charge < -0.3 is 24.4 Å². The van der Waals surface area contributed by atoms with Gasteiger partial charge in [-0.05, 0) is 73.5 Å². The molecule has 190 valence electrons. The van der Waals surface area contributed by atoms with E-state index in [1.54, 1.807) is 4.90 Å². The van der Waals surface area contributed by atoms with Crippen molar-refractivity contribution in [2.45, 2.75) is 13.8 Å². The van der Waals surface area contributed by atoms with Crippen LogP contribution in [0.25, 0.3) is 33.3 Å². The topological polar surface area (TPSA) is 64.7 Å². The minimum atomic E-state index is -0.00677. The Morgan fingerprint density at radius 3 is 2.38 bits per heavy atom. The molecule has 6 rings (SSSR count). The number of H-pyrrole nitrogens is 1. The Labute approximate surface area is 217 Å². The second-order valence-corrected chi connectivity index (χ2v) is 10.4. The first-order chi connectivity index (χ1) is 17.9. The van der Waals surface area contributed by atoms with Crippen molar-refractivity contribution in [2.75, 3.05) is 58.3 Å². The van der Waals surface area contributed by atoms with E-state index in [4.69, 9.17) is 9.72 Å². The van der Waals surface area contributed by atoms with Crippen molar-refractivity contribution in [2.24, 2.45) is 0 Å². The lowest BCUT2D eigenvalue weighted by molar-refractivity contribution is 0.0796. The number of amides is 1. The average molecular weight is 496 g/mol. The number of likely N-dealkylation sites (N-methyl/N-ethyl adjacent to an activating group) is 2. The van der Waals surface area contributed by atoms with Crippen LogP contribution in [0.2, 0.25) is 0 Å². The summed E-state index contributed by atoms with van der Waals surface area (Å²) in [6.45, 7) is 9.80. The van der Waals surface area contributed by atoms with Gasteiger partial charge in [0.15, 0.2) is 0 Å². The second kappa shape index (κ2) is 9.23. The summed E-state index contributed by atoms with van der Waals surface area (Å²) >= 11 is 0. The Kier molecular flexibility index (Phi) is 5.88. The molecule has 4 aromatic rings. The molecule has 0 aliphatic carbocycles. The molecule has 0 radical (unpaired) electrons. The highest BCUT2D eigenvalue weighted by Crippen LogP contribution is 2.36. The fourth-order valence-corrected chi connectivity index (χ4v) is 5.64. The third kappa shape index (κ3) is 4.23. The number of rotatable bonds is 3. The predicted octanol–water partition coefficient (Wildman–Crippen LogP) is 4.73. The van der Waals surface area contributed by atoms with Crippen molar-refractivity contribution in [1.82, 2.24) is 19.8 Å². The SMILES string of the molecule is Cc1cc(-c2cnc3[nH]cc(-c4ccc5c(c4)OCCN(C)C5=O)c3c2)cc(C)c1N1CCN(C)CC1. The van der Waals surface area contributed by atoms with E-state index >= 15 is 0 Å². The van der Waals surface area contributed by atoms with Crippen LogP contribution in [0, 0.1) is 13.8 Å². The molecular formula is C30H33N5O2. The molecular weight excluding hydrogens is 462 g/mol. The summed E-state index contributed by atoms with van der Waals surface area (Å²) < 4.78 is 5.93. The Morgan fingerprint density at radius 2 is 1.62 bits per heavy atom. The fraction of sp³-hybridized carbons (Fsp3) is 0.333. The number of ether oxygens (including phenoxy) is 1. The van der Waals surface area contributed by atoms with Crippen LogP contribution in [0.5, 0.6) is 5.75 Å². The van der Waals surface area contributed by atoms with Crippen LogP contribution in [0.15, 0.2) is 48.8 Å². The van der Waals surface area contributed by atoms with Gasteiger partial charge in [-0.25, -0.2) is 4.98 Å². The van der Waals surface area contributed by atoms with Gasteiger partial charge in [0.2, 0.25) is 0 Å². The van der Waals surface area contributed by atoms with Crippen LogP contribution in [0.3, 0.4) is 0 Å². The third-order valence-corrected chi connectivity index (χ3v) is 7.73. The summed E-state index contributed by atoms with van der Waals surface area (Å²) in [4.78, 5) is 27.3. The molecule has 2 aromatic heterocycles. The van der Waals surface area contributed by atoms with Gasteiger partial charge in [0.25, 0.3) is 5.91 Å². The first kappa shape index (κ1) is 23.6. The van der Waals surface area contributed by atoms with Crippen LogP contribution in [-0.4, -0.2) is 79.1 Å². The molecule has 1 fully saturated rings. The number of carbonyl (C=O) groups excluding carboxylic acids is 1. The third-order valence-electron chi connectivity index (χ3n) is 7.73. The summed E-state index contributed by atoms with van der Waals surface area (Å²) in [5.41, 5.74) is 9.71. The lowest BCUT2D eigenvalue weighted by Gasteiger charge is -2.36. The van der Waals surface area contributed by atoms with Crippen LogP contribution in [-0.2, 0) is 0 Å². The van der Waals surface area contributed by atoms with Crippen LogP contribution < -0.4 is 9.64 Å². The molecule has 1 saturated heterocycles. The molecule has 4 heterocycles. The van der Waals surface area contributed by atoms with Crippen LogP contribution in [0.4, 0.5) is 5.69 Å². The van der Waals surface area contributed by atoms with E-state index in [-0.39, 0.29) is 5.91 Å². The first-order valence-electron chi connectivity index (χ1n) is 12.9. The van der Waals surface area contributed by atoms with Gasteiger partial charge in [-0.15, -0.1) is 0 Å². The molecule has 1 N–H and O–H groups in total. The molecule has 2 aliphatic rings. The Morgan fingerprint density at radius 1 is 0.865 bits per heavy atom. The number of anilines is 1. The molecule has 7 nitrogen and oxygen atoms in total. The zero-order valence-corrected chi connectivity index (χ0v) is 22.0. The van der Waals surface area contributed by atoms with E-state index in [1.165, 1.54) is 22.4 Å². The van der Waals surface area contributed by atoms with E-state index in [1.807, 2.05) is 37.6 Å². The maximum Gasteiger partial charge on any atom is 0.257 e. The van der Waals surface area contributed by atoms with Crippen LogP contribution >= 0.6 is 0 Å². The van der Waals surface area contributed by atoms with Gasteiger partial charge in [-0.2, -0.15) is 0 Å². The molecule has 0 unspecified atom stereocenters. The average Bonchev–Trinajstić information content (AvgIpc) is 3.26. The number of carbonyl (C=O) groups is 1. The summed E-state index contributed by atoms with van der Waals surface area (Å²) in [6.07, 6.45) is 3.93. The minimum Gasteiger partial charge on any atom is -0.491 e. The monoisotopic (exact) mass is 495 g/mol. The van der Waals surface area contributed by atoms with Crippen molar-refractivity contribution in [3.8, 4) is 28.0 Å². The Balaban J connectivity index is 1.37. The second-order valence-electron chi connectivity index (χ2n) is 10.4. The summed E-state index contributed by atoms with van der Waals surface area (Å²) in [7, 11) is 4.00. The number of hydrogen-bond acceptors (Lipinski definition) is 5. The molecule has 2 aliphatic heterocycles. The van der Waals surface area contributed by atoms with Crippen molar-refractivity contribution < 1.29 is 9.53 Å². The van der Waals surface area contributed by atoms with Crippen molar-refractivity contribution in [3.05, 3.63) is 65.5 Å². The highest BCUT2D eigenvalue weighted by atomic mass is 16.5. The number of aromatic amines is 1. The first-order valence-corrected chi connectivity index (χ1v) is 12.9. The van der Waals surface area contributed by atoms with Gasteiger partial charge >= 0.3 is 0 Å². The molecule has 0 saturated carbocycles. The van der Waals surface area contributed by atoms with Gasteiger partial charge in [-0.3, -0.25) is 4.79 Å². The molecule has 0 spiro atoms. The standard InChI is InChI=1S/C30H33N5O2/c1-19-13-22(14-20(2)28(19)35-9-7-33(3)8-10-35)23-15-25-26(18-32-29(25)31-17-23)21-5-6-24-27(16-21)37-12-11-34(4)30(24)36/h5-6,13-18H,7-12H2,1-4H3,(H,31,32). The number of piperazine rings is 1. The zero-order valence-electron chi connectivity index (χ0n) is 22.0. The van der Waals surface area contributed by atoms with Gasteiger partial charge in [0.1, 0.15) is 18.0 Å². The highest BCUT2D eigenvalue weighted by molar-refractivity contribution is 6.00. The largest absolute Gasteiger partial charge is 0.491 e. The molecule has 7 heteroatoms. The van der Waals surface area contributed by atoms with Crippen molar-refractivity contribution >= 4 is 22.6 Å². The van der Waals surface area contributed by atoms with E-state index < -0.39 is 0 Å². The van der Waals surface area contributed by atoms with E-state index in [2.05, 4.69) is 53.9 Å². The maximum atomic E-state index is 12.7. The van der Waals surface area contributed by atoms with E-state index in [0.29, 0.717) is 24.5 Å². The summed E-state index contributed by atoms with van der Waals surface area (Å²) in [6, 6.07) is 12.6. The lowest BCUT2D eigenvalue weighted by atomic mass is 9.97. The number of pyridine rings is 1. The number of nitrogens with zero attached hydrogens (tertiary/aromatic N) is 4. The fourth-order valence-electron chi connectivity index (χ4n) is 5.64. The minimum absolute atomic E-state index is 0.00677. The van der Waals surface area contributed by atoms with Crippen molar-refractivity contribution in [3.63, 3.8) is 0 Å². The van der Waals surface area contributed by atoms with Gasteiger partial charge in [0, 0.05) is 67.8 Å². The zero-order chi connectivity index (χ0) is 25.7. The lowest BCUT2D eigenvalue weighted by Crippen LogP contribution is -2.45. The maximum absolute atomic E-state index is 12.7. The molecule has 0 atom stereocenters. The van der Waals surface area contributed by atoms with Gasteiger partial charge in [-0.1, -0.05) is 6.07 Å². The quantitative estimate of drug-likeness (QED) is 0.445. The smallest absolute Gasteiger partial charge is 0.257 e. The highest BCUT2D eigenvalue weighted by Gasteiger charge is 2.22. The van der Waals surface area contributed by atoms with Crippen molar-refractivity contribution in [1.29, 1.82) is 0 Å². The van der Waals surface area contributed by atoms with E-state index in [9.17, 15) is 4.79 Å². The molecule has 2 aromatic carbocycles.